The molecule has 0 aliphatic carbocycles. The quantitative estimate of drug-likeness (QED) is 0.679. The van der Waals surface area contributed by atoms with Crippen LogP contribution in [0.3, 0.4) is 0 Å². The average molecular weight is 223 g/mol. The number of nitrogens with zero attached hydrogens (tertiary/aromatic N) is 4. The highest BCUT2D eigenvalue weighted by molar-refractivity contribution is 5.91. The molecule has 82 valence electrons. The van der Waals surface area contributed by atoms with Gasteiger partial charge in [-0.05, 0) is 17.7 Å². The third-order valence-electron chi connectivity index (χ3n) is 2.56. The van der Waals surface area contributed by atoms with Gasteiger partial charge >= 0.3 is 0 Å². The van der Waals surface area contributed by atoms with Gasteiger partial charge < -0.3 is 5.73 Å². The molecule has 1 aromatic carbocycles. The fourth-order valence-corrected chi connectivity index (χ4v) is 1.70. The third kappa shape index (κ3) is 1.67. The van der Waals surface area contributed by atoms with E-state index < -0.39 is 0 Å². The molecule has 0 aliphatic heterocycles. The second-order valence-electron chi connectivity index (χ2n) is 3.62. The Morgan fingerprint density at radius 1 is 0.882 bits per heavy atom. The number of hydrogen-bond donors (Lipinski definition) is 1. The number of aromatic nitrogens is 4. The minimum absolute atomic E-state index is 0.480. The minimum atomic E-state index is 0.480. The largest absolute Gasteiger partial charge is 0.383 e. The van der Waals surface area contributed by atoms with Crippen molar-refractivity contribution in [3.05, 3.63) is 43.2 Å². The maximum Gasteiger partial charge on any atom is 0.134 e. The van der Waals surface area contributed by atoms with Crippen molar-refractivity contribution >= 4 is 16.7 Å². The van der Waals surface area contributed by atoms with E-state index in [1.54, 1.807) is 12.4 Å². The second-order valence-corrected chi connectivity index (χ2v) is 3.62. The standard InChI is InChI=1S/C12H9N5/c13-12-10-3-8(9-4-14-6-15-5-9)1-2-11(10)16-7-17-12/h1-7H,(H2,13,16,17). The predicted octanol–water partition coefficient (Wildman–Crippen LogP) is 1.67. The zero-order valence-corrected chi connectivity index (χ0v) is 8.91. The molecule has 0 spiro atoms. The molecule has 0 amide bonds. The summed E-state index contributed by atoms with van der Waals surface area (Å²) in [5.74, 6) is 0.480. The molecule has 17 heavy (non-hydrogen) atoms. The maximum atomic E-state index is 5.82. The van der Waals surface area contributed by atoms with Gasteiger partial charge in [-0.15, -0.1) is 0 Å². The van der Waals surface area contributed by atoms with Crippen LogP contribution >= 0.6 is 0 Å². The first-order valence-electron chi connectivity index (χ1n) is 5.10. The fraction of sp³-hybridized carbons (Fsp3) is 0. The van der Waals surface area contributed by atoms with Crippen LogP contribution < -0.4 is 5.73 Å². The summed E-state index contributed by atoms with van der Waals surface area (Å²) in [4.78, 5) is 16.1. The van der Waals surface area contributed by atoms with Gasteiger partial charge in [-0.2, -0.15) is 0 Å². The second kappa shape index (κ2) is 3.79. The normalized spacial score (nSPS) is 10.6. The molecule has 0 bridgehead atoms. The van der Waals surface area contributed by atoms with Crippen molar-refractivity contribution in [3.63, 3.8) is 0 Å². The van der Waals surface area contributed by atoms with E-state index in [0.29, 0.717) is 5.82 Å². The van der Waals surface area contributed by atoms with E-state index in [0.717, 1.165) is 22.0 Å². The minimum Gasteiger partial charge on any atom is -0.383 e. The molecule has 2 aromatic heterocycles. The van der Waals surface area contributed by atoms with Crippen LogP contribution in [0.1, 0.15) is 0 Å². The lowest BCUT2D eigenvalue weighted by atomic mass is 10.1. The van der Waals surface area contributed by atoms with Crippen LogP contribution in [-0.4, -0.2) is 19.9 Å². The van der Waals surface area contributed by atoms with E-state index in [1.807, 2.05) is 18.2 Å². The van der Waals surface area contributed by atoms with Crippen LogP contribution in [0.15, 0.2) is 43.2 Å². The Morgan fingerprint density at radius 2 is 1.71 bits per heavy atom. The molecule has 0 saturated carbocycles. The molecule has 0 atom stereocenters. The summed E-state index contributed by atoms with van der Waals surface area (Å²) in [6, 6.07) is 5.83. The number of benzene rings is 1. The van der Waals surface area contributed by atoms with Gasteiger partial charge in [-0.1, -0.05) is 6.07 Å². The van der Waals surface area contributed by atoms with Crippen LogP contribution in [0.25, 0.3) is 22.0 Å². The van der Waals surface area contributed by atoms with Crippen molar-refractivity contribution in [2.24, 2.45) is 0 Å². The zero-order chi connectivity index (χ0) is 11.7. The van der Waals surface area contributed by atoms with Crippen molar-refractivity contribution in [2.45, 2.75) is 0 Å². The summed E-state index contributed by atoms with van der Waals surface area (Å²) in [5.41, 5.74) is 8.59. The highest BCUT2D eigenvalue weighted by Gasteiger charge is 2.03. The van der Waals surface area contributed by atoms with E-state index in [9.17, 15) is 0 Å². The first kappa shape index (κ1) is 9.65. The molecule has 2 heterocycles. The summed E-state index contributed by atoms with van der Waals surface area (Å²) in [5, 5.41) is 0.842. The SMILES string of the molecule is Nc1ncnc2ccc(-c3cncnc3)cc12. The molecule has 0 fully saturated rings. The van der Waals surface area contributed by atoms with E-state index >= 15 is 0 Å². The smallest absolute Gasteiger partial charge is 0.134 e. The fourth-order valence-electron chi connectivity index (χ4n) is 1.70. The first-order chi connectivity index (χ1) is 8.34. The Morgan fingerprint density at radius 3 is 2.53 bits per heavy atom. The molecular formula is C12H9N5. The number of anilines is 1. The molecular weight excluding hydrogens is 214 g/mol. The topological polar surface area (TPSA) is 77.6 Å². The van der Waals surface area contributed by atoms with Crippen molar-refractivity contribution in [1.82, 2.24) is 19.9 Å². The summed E-state index contributed by atoms with van der Waals surface area (Å²) in [6.45, 7) is 0. The predicted molar refractivity (Wildman–Crippen MR) is 65.0 cm³/mol. The van der Waals surface area contributed by atoms with Gasteiger partial charge in [0, 0.05) is 23.3 Å². The number of hydrogen-bond acceptors (Lipinski definition) is 5. The Labute approximate surface area is 97.4 Å². The van der Waals surface area contributed by atoms with Crippen LogP contribution in [-0.2, 0) is 0 Å². The lowest BCUT2D eigenvalue weighted by molar-refractivity contribution is 1.17. The molecule has 0 radical (unpaired) electrons. The monoisotopic (exact) mass is 223 g/mol. The molecule has 0 aliphatic rings. The Balaban J connectivity index is 2.23. The van der Waals surface area contributed by atoms with E-state index in [-0.39, 0.29) is 0 Å². The van der Waals surface area contributed by atoms with Crippen LogP contribution in [0.4, 0.5) is 5.82 Å². The van der Waals surface area contributed by atoms with Crippen molar-refractivity contribution in [1.29, 1.82) is 0 Å². The van der Waals surface area contributed by atoms with Gasteiger partial charge in [0.25, 0.3) is 0 Å². The number of fused-ring (bicyclic) bond motifs is 1. The third-order valence-corrected chi connectivity index (χ3v) is 2.56. The van der Waals surface area contributed by atoms with E-state index in [2.05, 4.69) is 19.9 Å². The zero-order valence-electron chi connectivity index (χ0n) is 8.91. The summed E-state index contributed by atoms with van der Waals surface area (Å²) in [7, 11) is 0. The molecule has 3 aromatic rings. The average Bonchev–Trinajstić information content (AvgIpc) is 2.40. The Hall–Kier alpha value is -2.56. The molecule has 0 unspecified atom stereocenters. The molecule has 0 saturated heterocycles. The van der Waals surface area contributed by atoms with Gasteiger partial charge in [0.05, 0.1) is 5.52 Å². The van der Waals surface area contributed by atoms with Gasteiger partial charge in [0.2, 0.25) is 0 Å². The maximum absolute atomic E-state index is 5.82. The first-order valence-corrected chi connectivity index (χ1v) is 5.10. The number of rotatable bonds is 1. The Kier molecular flexibility index (Phi) is 2.15. The van der Waals surface area contributed by atoms with Crippen molar-refractivity contribution in [2.75, 3.05) is 5.73 Å². The van der Waals surface area contributed by atoms with Crippen molar-refractivity contribution < 1.29 is 0 Å². The Bertz CT molecular complexity index is 666. The van der Waals surface area contributed by atoms with E-state index in [1.165, 1.54) is 12.7 Å². The molecule has 5 heteroatoms. The number of nitrogen functional groups attached to an aromatic ring is 1. The van der Waals surface area contributed by atoms with Gasteiger partial charge in [0.1, 0.15) is 18.5 Å². The molecule has 5 nitrogen and oxygen atoms in total. The highest BCUT2D eigenvalue weighted by atomic mass is 14.9. The lowest BCUT2D eigenvalue weighted by Crippen LogP contribution is -1.93. The highest BCUT2D eigenvalue weighted by Crippen LogP contribution is 2.24. The van der Waals surface area contributed by atoms with Gasteiger partial charge in [0.15, 0.2) is 0 Å². The summed E-state index contributed by atoms with van der Waals surface area (Å²) in [6.07, 6.45) is 6.48. The molecule has 2 N–H and O–H groups in total. The van der Waals surface area contributed by atoms with Gasteiger partial charge in [-0.25, -0.2) is 19.9 Å². The lowest BCUT2D eigenvalue weighted by Gasteiger charge is -2.03. The summed E-state index contributed by atoms with van der Waals surface area (Å²) < 4.78 is 0. The number of nitrogens with two attached hydrogens (primary N) is 1. The van der Waals surface area contributed by atoms with Crippen molar-refractivity contribution in [3.8, 4) is 11.1 Å². The van der Waals surface area contributed by atoms with E-state index in [4.69, 9.17) is 5.73 Å². The summed E-state index contributed by atoms with van der Waals surface area (Å²) >= 11 is 0. The van der Waals surface area contributed by atoms with Crippen LogP contribution in [0.5, 0.6) is 0 Å². The molecule has 3 rings (SSSR count). The van der Waals surface area contributed by atoms with Crippen LogP contribution in [0.2, 0.25) is 0 Å². The van der Waals surface area contributed by atoms with Gasteiger partial charge in [-0.3, -0.25) is 0 Å². The van der Waals surface area contributed by atoms with Crippen LogP contribution in [0, 0.1) is 0 Å².